The first kappa shape index (κ1) is 31.5. The van der Waals surface area contributed by atoms with Crippen molar-refractivity contribution < 1.29 is 18.7 Å². The minimum atomic E-state index is -1.84. The summed E-state index contributed by atoms with van der Waals surface area (Å²) in [4.78, 5) is 10.2. The number of hydrogen-bond acceptors (Lipinski definition) is 4. The summed E-state index contributed by atoms with van der Waals surface area (Å²) < 4.78 is 17.9. The van der Waals surface area contributed by atoms with Crippen LogP contribution in [0.5, 0.6) is 0 Å². The Bertz CT molecular complexity index is 668. The Hall–Kier alpha value is -1.53. The first-order valence-corrected chi connectivity index (χ1v) is 14.9. The monoisotopic (exact) mass is 476 g/mol. The van der Waals surface area contributed by atoms with Crippen molar-refractivity contribution in [2.75, 3.05) is 13.9 Å². The Balaban J connectivity index is 4.83. The molecule has 0 fully saturated rings. The summed E-state index contributed by atoms with van der Waals surface area (Å²) in [5.41, 5.74) is 0. The summed E-state index contributed by atoms with van der Waals surface area (Å²) in [5.74, 6) is 0.465. The fraction of sp³-hybridized carbons (Fsp3) is 0.607. The lowest BCUT2D eigenvalue weighted by Crippen LogP contribution is -2.47. The van der Waals surface area contributed by atoms with Gasteiger partial charge in [-0.3, -0.25) is 4.79 Å². The maximum Gasteiger partial charge on any atom is 0.192 e. The second-order valence-electron chi connectivity index (χ2n) is 10.1. The molecule has 0 aliphatic rings. The van der Waals surface area contributed by atoms with E-state index in [1.807, 2.05) is 18.2 Å². The average molecular weight is 477 g/mol. The Kier molecular flexibility index (Phi) is 16.2. The Labute approximate surface area is 204 Å². The molecule has 4 atom stereocenters. The van der Waals surface area contributed by atoms with Gasteiger partial charge in [0, 0.05) is 25.0 Å². The largest absolute Gasteiger partial charge is 0.414 e. The number of carbonyl (C=O) groups is 1. The second-order valence-corrected chi connectivity index (χ2v) is 14.8. The predicted molar refractivity (Wildman–Crippen MR) is 144 cm³/mol. The van der Waals surface area contributed by atoms with E-state index in [9.17, 15) is 4.79 Å². The number of carbonyl (C=O) groups excluding carboxylic acids is 1. The van der Waals surface area contributed by atoms with Gasteiger partial charge in [-0.15, -0.1) is 0 Å². The van der Waals surface area contributed by atoms with E-state index in [0.717, 1.165) is 19.1 Å². The van der Waals surface area contributed by atoms with Gasteiger partial charge in [-0.05, 0) is 44.0 Å². The Morgan fingerprint density at radius 3 is 1.94 bits per heavy atom. The maximum absolute atomic E-state index is 10.2. The number of aldehydes is 1. The smallest absolute Gasteiger partial charge is 0.192 e. The minimum absolute atomic E-state index is 0.0114. The maximum atomic E-state index is 10.2. The summed E-state index contributed by atoms with van der Waals surface area (Å²) in [5, 5.41) is 0.180. The Morgan fingerprint density at radius 2 is 1.39 bits per heavy atom. The summed E-state index contributed by atoms with van der Waals surface area (Å²) in [7, 11) is -0.185. The topological polar surface area (TPSA) is 44.8 Å². The first-order chi connectivity index (χ1) is 15.5. The lowest BCUT2D eigenvalue weighted by Gasteiger charge is -2.41. The summed E-state index contributed by atoms with van der Waals surface area (Å²) in [6.07, 6.45) is 22.5. The normalized spacial score (nSPS) is 17.6. The van der Waals surface area contributed by atoms with Crippen LogP contribution in [0, 0.1) is 11.8 Å². The summed E-state index contributed by atoms with van der Waals surface area (Å²) in [6, 6.07) is 0. The molecule has 0 aliphatic carbocycles. The zero-order chi connectivity index (χ0) is 25.3. The highest BCUT2D eigenvalue weighted by Gasteiger charge is 2.40. The van der Waals surface area contributed by atoms with Crippen molar-refractivity contribution in [2.24, 2.45) is 11.8 Å². The number of rotatable bonds is 16. The molecule has 0 unspecified atom stereocenters. The van der Waals surface area contributed by atoms with Crippen LogP contribution in [0.4, 0.5) is 0 Å². The molecule has 0 radical (unpaired) electrons. The molecule has 0 saturated carbocycles. The highest BCUT2D eigenvalue weighted by molar-refractivity contribution is 6.74. The van der Waals surface area contributed by atoms with Crippen molar-refractivity contribution in [3.05, 3.63) is 60.8 Å². The standard InChI is InChI=1S/C28H48O4Si/c1-24(21-19-17-15-13-11-10-12-14-16-18-20-22-29)27(31-23-30-7)25(2)26(3)32-33(8,9)28(4,5)6/h10,12,14-22,24-27H,11,13,23H2,1-9H3/b12-10+,16-14+,17-15+,20-18+,21-19+/t24-,25-,26-,27+/m1/s1. The van der Waals surface area contributed by atoms with Gasteiger partial charge in [0.05, 0.1) is 6.10 Å². The fourth-order valence-corrected chi connectivity index (χ4v) is 4.57. The molecule has 4 nitrogen and oxygen atoms in total. The molecule has 0 N–H and O–H groups in total. The molecule has 0 rings (SSSR count). The third-order valence-corrected chi connectivity index (χ3v) is 10.8. The van der Waals surface area contributed by atoms with Crippen LogP contribution in [0.15, 0.2) is 60.8 Å². The summed E-state index contributed by atoms with van der Waals surface area (Å²) in [6.45, 7) is 18.3. The third kappa shape index (κ3) is 13.7. The van der Waals surface area contributed by atoms with Gasteiger partial charge in [0.25, 0.3) is 0 Å². The quantitative estimate of drug-likeness (QED) is 0.0580. The zero-order valence-corrected chi connectivity index (χ0v) is 23.4. The molecule has 5 heteroatoms. The molecule has 0 amide bonds. The van der Waals surface area contributed by atoms with E-state index in [1.54, 1.807) is 13.2 Å². The number of methoxy groups -OCH3 is 1. The highest BCUT2D eigenvalue weighted by Crippen LogP contribution is 2.38. The van der Waals surface area contributed by atoms with Crippen LogP contribution < -0.4 is 0 Å². The SMILES string of the molecule is COCO[C@H]([C@H](C)[C@@H](C)O[Si](C)(C)C(C)(C)C)[C@H](C)/C=C/C=C/CC/C=C/C=C/C=C/C=O. The van der Waals surface area contributed by atoms with Crippen molar-refractivity contribution in [2.45, 2.75) is 84.7 Å². The fourth-order valence-electron chi connectivity index (χ4n) is 3.07. The molecule has 0 aliphatic heterocycles. The van der Waals surface area contributed by atoms with E-state index in [4.69, 9.17) is 13.9 Å². The zero-order valence-electron chi connectivity index (χ0n) is 22.4. The molecule has 0 spiro atoms. The molecule has 0 aromatic heterocycles. The number of hydrogen-bond donors (Lipinski definition) is 0. The lowest BCUT2D eigenvalue weighted by atomic mass is 9.89. The van der Waals surface area contributed by atoms with Crippen molar-refractivity contribution in [3.63, 3.8) is 0 Å². The van der Waals surface area contributed by atoms with E-state index >= 15 is 0 Å². The van der Waals surface area contributed by atoms with Gasteiger partial charge in [-0.1, -0.05) is 89.3 Å². The lowest BCUT2D eigenvalue weighted by molar-refractivity contribution is -0.115. The van der Waals surface area contributed by atoms with Crippen LogP contribution in [0.3, 0.4) is 0 Å². The van der Waals surface area contributed by atoms with Gasteiger partial charge in [0.1, 0.15) is 13.1 Å². The number of ether oxygens (including phenoxy) is 2. The van der Waals surface area contributed by atoms with Crippen molar-refractivity contribution >= 4 is 14.6 Å². The van der Waals surface area contributed by atoms with Crippen molar-refractivity contribution in [1.29, 1.82) is 0 Å². The van der Waals surface area contributed by atoms with Crippen LogP contribution in [0.2, 0.25) is 18.1 Å². The third-order valence-electron chi connectivity index (χ3n) is 6.26. The second kappa shape index (κ2) is 17.0. The molecule has 188 valence electrons. The average Bonchev–Trinajstić information content (AvgIpc) is 2.73. The van der Waals surface area contributed by atoms with Crippen LogP contribution >= 0.6 is 0 Å². The predicted octanol–water partition coefficient (Wildman–Crippen LogP) is 7.42. The molecule has 0 aromatic rings. The van der Waals surface area contributed by atoms with Crippen LogP contribution in [-0.4, -0.2) is 40.7 Å². The Morgan fingerprint density at radius 1 is 0.848 bits per heavy atom. The first-order valence-electron chi connectivity index (χ1n) is 12.0. The number of allylic oxidation sites excluding steroid dienone is 9. The van der Waals surface area contributed by atoms with E-state index in [-0.39, 0.29) is 35.9 Å². The molecular weight excluding hydrogens is 428 g/mol. The molecule has 33 heavy (non-hydrogen) atoms. The van der Waals surface area contributed by atoms with E-state index in [2.05, 4.69) is 85.0 Å². The van der Waals surface area contributed by atoms with E-state index in [0.29, 0.717) is 0 Å². The van der Waals surface area contributed by atoms with Gasteiger partial charge in [0.2, 0.25) is 0 Å². The molecule has 0 heterocycles. The van der Waals surface area contributed by atoms with Gasteiger partial charge >= 0.3 is 0 Å². The summed E-state index contributed by atoms with van der Waals surface area (Å²) >= 11 is 0. The molecule has 0 saturated heterocycles. The van der Waals surface area contributed by atoms with Crippen LogP contribution in [0.1, 0.15) is 54.4 Å². The van der Waals surface area contributed by atoms with Gasteiger partial charge in [0.15, 0.2) is 8.32 Å². The van der Waals surface area contributed by atoms with Gasteiger partial charge in [-0.25, -0.2) is 0 Å². The number of unbranched alkanes of at least 4 members (excludes halogenated alkanes) is 1. The van der Waals surface area contributed by atoms with E-state index < -0.39 is 8.32 Å². The highest BCUT2D eigenvalue weighted by atomic mass is 28.4. The van der Waals surface area contributed by atoms with Crippen LogP contribution in [-0.2, 0) is 18.7 Å². The van der Waals surface area contributed by atoms with Gasteiger partial charge < -0.3 is 13.9 Å². The van der Waals surface area contributed by atoms with Crippen LogP contribution in [0.25, 0.3) is 0 Å². The van der Waals surface area contributed by atoms with Crippen molar-refractivity contribution in [1.82, 2.24) is 0 Å². The van der Waals surface area contributed by atoms with Gasteiger partial charge in [-0.2, -0.15) is 0 Å². The minimum Gasteiger partial charge on any atom is -0.414 e. The molecule has 0 aromatic carbocycles. The van der Waals surface area contributed by atoms with Crippen molar-refractivity contribution in [3.8, 4) is 0 Å². The van der Waals surface area contributed by atoms with E-state index in [1.165, 1.54) is 6.08 Å². The molecular formula is C28H48O4Si. The molecule has 0 bridgehead atoms.